The molecule has 6 nitrogen and oxygen atoms in total. The molecule has 0 saturated carbocycles. The molecule has 2 aromatic carbocycles. The van der Waals surface area contributed by atoms with Crippen molar-refractivity contribution in [1.29, 1.82) is 0 Å². The second kappa shape index (κ2) is 8.57. The summed E-state index contributed by atoms with van der Waals surface area (Å²) >= 11 is 0. The molecule has 2 amide bonds. The lowest BCUT2D eigenvalue weighted by atomic mass is 10.0. The average molecular weight is 445 g/mol. The van der Waals surface area contributed by atoms with E-state index in [4.69, 9.17) is 4.74 Å². The summed E-state index contributed by atoms with van der Waals surface area (Å²) in [5.74, 6) is -0.513. The van der Waals surface area contributed by atoms with E-state index in [2.05, 4.69) is 10.3 Å². The molecular formula is C23H22F3N3O3. The second-order valence-electron chi connectivity index (χ2n) is 7.53. The Bertz CT molecular complexity index is 1140. The number of alkyl halides is 3. The molecular weight excluding hydrogens is 423 g/mol. The summed E-state index contributed by atoms with van der Waals surface area (Å²) in [7, 11) is 0. The van der Waals surface area contributed by atoms with Crippen LogP contribution < -0.4 is 5.32 Å². The molecule has 0 fully saturated rings. The number of hydrogen-bond donors (Lipinski definition) is 2. The summed E-state index contributed by atoms with van der Waals surface area (Å²) in [6, 6.07) is 9.93. The number of carbonyl (C=O) groups excluding carboxylic acids is 2. The third kappa shape index (κ3) is 4.15. The SMILES string of the molecule is CCOC(=O)c1ccc(NC(=O)N2CCCc3c([nH]c4ccccc34)C2C(F)(F)F)cc1. The van der Waals surface area contributed by atoms with Crippen molar-refractivity contribution in [3.8, 4) is 0 Å². The number of nitrogens with zero attached hydrogens (tertiary/aromatic N) is 1. The van der Waals surface area contributed by atoms with E-state index in [0.717, 1.165) is 10.3 Å². The number of ether oxygens (including phenoxy) is 1. The summed E-state index contributed by atoms with van der Waals surface area (Å²) in [6.07, 6.45) is -3.83. The molecule has 3 aromatic rings. The van der Waals surface area contributed by atoms with E-state index in [0.29, 0.717) is 23.9 Å². The van der Waals surface area contributed by atoms with E-state index in [1.54, 1.807) is 31.2 Å². The first-order valence-electron chi connectivity index (χ1n) is 10.3. The molecule has 32 heavy (non-hydrogen) atoms. The molecule has 1 unspecified atom stereocenters. The molecule has 4 rings (SSSR count). The number of hydrogen-bond acceptors (Lipinski definition) is 3. The van der Waals surface area contributed by atoms with E-state index < -0.39 is 24.2 Å². The molecule has 0 aliphatic carbocycles. The zero-order chi connectivity index (χ0) is 22.9. The van der Waals surface area contributed by atoms with Crippen LogP contribution in [0.3, 0.4) is 0 Å². The number of anilines is 1. The van der Waals surface area contributed by atoms with Crippen LogP contribution >= 0.6 is 0 Å². The van der Waals surface area contributed by atoms with Gasteiger partial charge >= 0.3 is 18.2 Å². The van der Waals surface area contributed by atoms with Gasteiger partial charge in [0.05, 0.1) is 17.9 Å². The first-order valence-corrected chi connectivity index (χ1v) is 10.3. The Labute approximate surface area is 182 Å². The van der Waals surface area contributed by atoms with Crippen LogP contribution in [0, 0.1) is 0 Å². The average Bonchev–Trinajstić information content (AvgIpc) is 2.98. The highest BCUT2D eigenvalue weighted by atomic mass is 19.4. The zero-order valence-corrected chi connectivity index (χ0v) is 17.3. The summed E-state index contributed by atoms with van der Waals surface area (Å²) in [5.41, 5.74) is 1.78. The minimum Gasteiger partial charge on any atom is -0.462 e. The number of fused-ring (bicyclic) bond motifs is 3. The maximum Gasteiger partial charge on any atom is 0.414 e. The van der Waals surface area contributed by atoms with Crippen molar-refractivity contribution in [2.24, 2.45) is 0 Å². The van der Waals surface area contributed by atoms with Crippen molar-refractivity contribution in [2.45, 2.75) is 32.0 Å². The third-order valence-corrected chi connectivity index (χ3v) is 5.48. The predicted octanol–water partition coefficient (Wildman–Crippen LogP) is 5.43. The minimum atomic E-state index is -4.66. The summed E-state index contributed by atoms with van der Waals surface area (Å²) in [6.45, 7) is 1.86. The largest absolute Gasteiger partial charge is 0.462 e. The van der Waals surface area contributed by atoms with E-state index in [1.807, 2.05) is 0 Å². The Morgan fingerprint density at radius 3 is 2.56 bits per heavy atom. The van der Waals surface area contributed by atoms with Gasteiger partial charge in [0.1, 0.15) is 0 Å². The van der Waals surface area contributed by atoms with Gasteiger partial charge in [-0.2, -0.15) is 13.2 Å². The van der Waals surface area contributed by atoms with Crippen LogP contribution in [-0.2, 0) is 11.2 Å². The molecule has 168 valence electrons. The highest BCUT2D eigenvalue weighted by Gasteiger charge is 2.49. The highest BCUT2D eigenvalue weighted by Crippen LogP contribution is 2.43. The van der Waals surface area contributed by atoms with Gasteiger partial charge < -0.3 is 19.9 Å². The molecule has 2 N–H and O–H groups in total. The number of halogens is 3. The van der Waals surface area contributed by atoms with E-state index >= 15 is 0 Å². The molecule has 9 heteroatoms. The summed E-state index contributed by atoms with van der Waals surface area (Å²) in [5, 5.41) is 3.27. The monoisotopic (exact) mass is 445 g/mol. The van der Waals surface area contributed by atoms with Crippen LogP contribution in [0.25, 0.3) is 10.9 Å². The zero-order valence-electron chi connectivity index (χ0n) is 17.3. The third-order valence-electron chi connectivity index (χ3n) is 5.48. The van der Waals surface area contributed by atoms with Gasteiger partial charge in [0.2, 0.25) is 0 Å². The first-order chi connectivity index (χ1) is 15.3. The van der Waals surface area contributed by atoms with Crippen LogP contribution in [0.5, 0.6) is 0 Å². The Morgan fingerprint density at radius 2 is 1.88 bits per heavy atom. The molecule has 1 aromatic heterocycles. The number of aryl methyl sites for hydroxylation is 1. The summed E-state index contributed by atoms with van der Waals surface area (Å²) in [4.78, 5) is 28.4. The number of carbonyl (C=O) groups is 2. The van der Waals surface area contributed by atoms with Gasteiger partial charge in [-0.3, -0.25) is 0 Å². The number of urea groups is 1. The fourth-order valence-corrected chi connectivity index (χ4v) is 4.09. The van der Waals surface area contributed by atoms with Gasteiger partial charge in [0.15, 0.2) is 6.04 Å². The Balaban J connectivity index is 1.63. The smallest absolute Gasteiger partial charge is 0.414 e. The minimum absolute atomic E-state index is 0.00371. The quantitative estimate of drug-likeness (QED) is 0.528. The number of rotatable bonds is 3. The number of amides is 2. The summed E-state index contributed by atoms with van der Waals surface area (Å²) < 4.78 is 47.5. The molecule has 1 aliphatic heterocycles. The number of aromatic amines is 1. The van der Waals surface area contributed by atoms with Crippen molar-refractivity contribution in [1.82, 2.24) is 9.88 Å². The van der Waals surface area contributed by atoms with Crippen LogP contribution in [0.2, 0.25) is 0 Å². The number of nitrogens with one attached hydrogen (secondary N) is 2. The predicted molar refractivity (Wildman–Crippen MR) is 114 cm³/mol. The van der Waals surface area contributed by atoms with Gasteiger partial charge in [0.25, 0.3) is 0 Å². The molecule has 0 bridgehead atoms. The maximum absolute atomic E-state index is 14.2. The maximum atomic E-state index is 14.2. The number of para-hydroxylation sites is 1. The number of aromatic nitrogens is 1. The van der Waals surface area contributed by atoms with Gasteiger partial charge in [0, 0.05) is 23.1 Å². The Kier molecular flexibility index (Phi) is 5.82. The number of benzene rings is 2. The van der Waals surface area contributed by atoms with Crippen LogP contribution in [-0.4, -0.2) is 41.2 Å². The van der Waals surface area contributed by atoms with Crippen molar-refractivity contribution in [3.63, 3.8) is 0 Å². The van der Waals surface area contributed by atoms with Crippen LogP contribution in [0.4, 0.5) is 23.7 Å². The van der Waals surface area contributed by atoms with Crippen LogP contribution in [0.1, 0.15) is 41.0 Å². The van der Waals surface area contributed by atoms with Crippen molar-refractivity contribution in [3.05, 3.63) is 65.4 Å². The van der Waals surface area contributed by atoms with Crippen molar-refractivity contribution >= 4 is 28.6 Å². The molecule has 2 heterocycles. The number of esters is 1. The standard InChI is InChI=1S/C23H22F3N3O3/c1-2-32-21(30)14-9-11-15(12-10-14)27-22(31)29-13-5-7-17-16-6-3-4-8-18(16)28-19(17)20(29)23(24,25)26/h3-4,6,8-12,20,28H,2,5,7,13H2,1H3,(H,27,31). The van der Waals surface area contributed by atoms with E-state index in [1.165, 1.54) is 24.3 Å². The lowest BCUT2D eigenvalue weighted by molar-refractivity contribution is -0.178. The van der Waals surface area contributed by atoms with Gasteiger partial charge in [-0.1, -0.05) is 18.2 Å². The van der Waals surface area contributed by atoms with E-state index in [-0.39, 0.29) is 30.1 Å². The lowest BCUT2D eigenvalue weighted by Gasteiger charge is -2.31. The van der Waals surface area contributed by atoms with E-state index in [9.17, 15) is 22.8 Å². The Hall–Kier alpha value is -3.49. The Morgan fingerprint density at radius 1 is 1.16 bits per heavy atom. The van der Waals surface area contributed by atoms with Gasteiger partial charge in [-0.15, -0.1) is 0 Å². The molecule has 0 saturated heterocycles. The number of H-pyrrole nitrogens is 1. The molecule has 1 atom stereocenters. The highest BCUT2D eigenvalue weighted by molar-refractivity contribution is 5.93. The lowest BCUT2D eigenvalue weighted by Crippen LogP contribution is -2.44. The van der Waals surface area contributed by atoms with Gasteiger partial charge in [-0.25, -0.2) is 9.59 Å². The van der Waals surface area contributed by atoms with Crippen molar-refractivity contribution < 1.29 is 27.5 Å². The van der Waals surface area contributed by atoms with Crippen LogP contribution in [0.15, 0.2) is 48.5 Å². The molecule has 0 radical (unpaired) electrons. The fraction of sp³-hybridized carbons (Fsp3) is 0.304. The second-order valence-corrected chi connectivity index (χ2v) is 7.53. The first kappa shape index (κ1) is 21.7. The fourth-order valence-electron chi connectivity index (χ4n) is 4.09. The molecule has 1 aliphatic rings. The van der Waals surface area contributed by atoms with Crippen molar-refractivity contribution in [2.75, 3.05) is 18.5 Å². The molecule has 0 spiro atoms. The normalized spacial score (nSPS) is 16.4. The van der Waals surface area contributed by atoms with Gasteiger partial charge in [-0.05, 0) is 55.7 Å². The topological polar surface area (TPSA) is 74.4 Å².